The first-order valence-corrected chi connectivity index (χ1v) is 7.42. The van der Waals surface area contributed by atoms with Crippen LogP contribution in [-0.4, -0.2) is 11.4 Å². The zero-order valence-corrected chi connectivity index (χ0v) is 12.6. The molecule has 1 aliphatic rings. The molecular weight excluding hydrogens is 291 g/mol. The maximum absolute atomic E-state index is 6.26. The number of rotatable bonds is 2. The van der Waals surface area contributed by atoms with Crippen molar-refractivity contribution in [3.05, 3.63) is 63.1 Å². The number of anilines is 1. The predicted octanol–water partition coefficient (Wildman–Crippen LogP) is 4.13. The van der Waals surface area contributed by atoms with E-state index in [4.69, 9.17) is 28.9 Å². The van der Waals surface area contributed by atoms with Gasteiger partial charge in [-0.25, -0.2) is 0 Å². The molecule has 0 fully saturated rings. The first-order valence-electron chi connectivity index (χ1n) is 6.66. The number of hydrogen-bond donors (Lipinski definition) is 1. The lowest BCUT2D eigenvalue weighted by molar-refractivity contribution is 0.246. The molecular formula is C16H16Cl2N2. The molecule has 104 valence electrons. The van der Waals surface area contributed by atoms with Crippen LogP contribution < -0.4 is 5.73 Å². The number of nitrogens with two attached hydrogens (primary N) is 1. The molecule has 0 spiro atoms. The Morgan fingerprint density at radius 1 is 1.10 bits per heavy atom. The average Bonchev–Trinajstić information content (AvgIpc) is 2.45. The van der Waals surface area contributed by atoms with Crippen LogP contribution in [0.2, 0.25) is 10.0 Å². The van der Waals surface area contributed by atoms with E-state index in [1.54, 1.807) is 0 Å². The van der Waals surface area contributed by atoms with E-state index in [9.17, 15) is 0 Å². The molecule has 0 aromatic heterocycles. The smallest absolute Gasteiger partial charge is 0.0637 e. The summed E-state index contributed by atoms with van der Waals surface area (Å²) in [6.07, 6.45) is 1.03. The fourth-order valence-electron chi connectivity index (χ4n) is 2.71. The highest BCUT2D eigenvalue weighted by molar-refractivity contribution is 6.42. The Hall–Kier alpha value is -1.22. The van der Waals surface area contributed by atoms with E-state index in [-0.39, 0.29) is 0 Å². The summed E-state index contributed by atoms with van der Waals surface area (Å²) in [4.78, 5) is 2.36. The van der Waals surface area contributed by atoms with Crippen LogP contribution in [0.4, 0.5) is 5.69 Å². The van der Waals surface area contributed by atoms with Crippen molar-refractivity contribution < 1.29 is 0 Å². The van der Waals surface area contributed by atoms with Crippen LogP contribution in [0.15, 0.2) is 36.4 Å². The number of nitrogen functional groups attached to an aromatic ring is 1. The van der Waals surface area contributed by atoms with Crippen molar-refractivity contribution in [3.63, 3.8) is 0 Å². The summed E-state index contributed by atoms with van der Waals surface area (Å²) in [7, 11) is 0. The Bertz CT molecular complexity index is 640. The summed E-state index contributed by atoms with van der Waals surface area (Å²) >= 11 is 12.3. The first-order chi connectivity index (χ1) is 9.65. The molecule has 2 N–H and O–H groups in total. The Kier molecular flexibility index (Phi) is 3.88. The molecule has 20 heavy (non-hydrogen) atoms. The van der Waals surface area contributed by atoms with E-state index < -0.39 is 0 Å². The second-order valence-corrected chi connectivity index (χ2v) is 5.94. The van der Waals surface area contributed by atoms with Gasteiger partial charge in [-0.2, -0.15) is 0 Å². The van der Waals surface area contributed by atoms with Gasteiger partial charge in [0.25, 0.3) is 0 Å². The van der Waals surface area contributed by atoms with Gasteiger partial charge < -0.3 is 5.73 Å². The molecule has 0 saturated carbocycles. The zero-order valence-electron chi connectivity index (χ0n) is 11.1. The van der Waals surface area contributed by atoms with Crippen molar-refractivity contribution in [1.29, 1.82) is 0 Å². The van der Waals surface area contributed by atoms with Crippen molar-refractivity contribution >= 4 is 28.9 Å². The number of halogens is 2. The average molecular weight is 307 g/mol. The van der Waals surface area contributed by atoms with Crippen molar-refractivity contribution in [1.82, 2.24) is 4.90 Å². The van der Waals surface area contributed by atoms with Crippen LogP contribution in [0.25, 0.3) is 0 Å². The Morgan fingerprint density at radius 2 is 1.90 bits per heavy atom. The highest BCUT2D eigenvalue weighted by Gasteiger charge is 2.19. The van der Waals surface area contributed by atoms with Gasteiger partial charge in [-0.05, 0) is 35.2 Å². The van der Waals surface area contributed by atoms with Gasteiger partial charge in [0.2, 0.25) is 0 Å². The zero-order chi connectivity index (χ0) is 14.1. The Labute approximate surface area is 129 Å². The van der Waals surface area contributed by atoms with Crippen LogP contribution >= 0.6 is 23.2 Å². The lowest BCUT2D eigenvalue weighted by atomic mass is 9.98. The molecule has 0 radical (unpaired) electrons. The molecule has 0 bridgehead atoms. The molecule has 2 nitrogen and oxygen atoms in total. The Balaban J connectivity index is 1.81. The van der Waals surface area contributed by atoms with E-state index in [1.807, 2.05) is 30.3 Å². The molecule has 2 aromatic carbocycles. The van der Waals surface area contributed by atoms with Gasteiger partial charge in [0.1, 0.15) is 0 Å². The molecule has 3 rings (SSSR count). The van der Waals surface area contributed by atoms with E-state index in [0.717, 1.165) is 37.3 Å². The van der Waals surface area contributed by atoms with E-state index >= 15 is 0 Å². The normalized spacial score (nSPS) is 15.1. The van der Waals surface area contributed by atoms with Gasteiger partial charge >= 0.3 is 0 Å². The molecule has 4 heteroatoms. The minimum atomic E-state index is 0.612. The van der Waals surface area contributed by atoms with Gasteiger partial charge in [0.05, 0.1) is 10.0 Å². The first kappa shape index (κ1) is 13.7. The number of nitrogens with zero attached hydrogens (tertiary/aromatic N) is 1. The molecule has 1 aliphatic heterocycles. The second-order valence-electron chi connectivity index (χ2n) is 5.16. The third kappa shape index (κ3) is 2.64. The van der Waals surface area contributed by atoms with Crippen LogP contribution in [0.1, 0.15) is 16.7 Å². The summed E-state index contributed by atoms with van der Waals surface area (Å²) in [5.74, 6) is 0. The lowest BCUT2D eigenvalue weighted by Crippen LogP contribution is -2.30. The topological polar surface area (TPSA) is 29.3 Å². The lowest BCUT2D eigenvalue weighted by Gasteiger charge is -2.30. The molecule has 0 aliphatic carbocycles. The monoisotopic (exact) mass is 306 g/mol. The highest BCUT2D eigenvalue weighted by Crippen LogP contribution is 2.29. The van der Waals surface area contributed by atoms with Crippen molar-refractivity contribution in [2.45, 2.75) is 19.5 Å². The fourth-order valence-corrected chi connectivity index (χ4v) is 3.09. The van der Waals surface area contributed by atoms with E-state index in [1.165, 1.54) is 11.1 Å². The molecule has 0 saturated heterocycles. The van der Waals surface area contributed by atoms with Crippen LogP contribution in [0, 0.1) is 0 Å². The summed E-state index contributed by atoms with van der Waals surface area (Å²) in [6.45, 7) is 2.68. The summed E-state index contributed by atoms with van der Waals surface area (Å²) in [5.41, 5.74) is 10.6. The molecule has 0 unspecified atom stereocenters. The van der Waals surface area contributed by atoms with Gasteiger partial charge in [-0.3, -0.25) is 4.90 Å². The van der Waals surface area contributed by atoms with Gasteiger partial charge in [-0.1, -0.05) is 47.5 Å². The van der Waals surface area contributed by atoms with Crippen LogP contribution in [0.3, 0.4) is 0 Å². The van der Waals surface area contributed by atoms with E-state index in [2.05, 4.69) is 11.0 Å². The quantitative estimate of drug-likeness (QED) is 0.845. The predicted molar refractivity (Wildman–Crippen MR) is 85.1 cm³/mol. The molecule has 1 heterocycles. The Morgan fingerprint density at radius 3 is 2.75 bits per heavy atom. The number of benzene rings is 2. The summed E-state index contributed by atoms with van der Waals surface area (Å²) < 4.78 is 0. The largest absolute Gasteiger partial charge is 0.398 e. The van der Waals surface area contributed by atoms with Gasteiger partial charge in [0, 0.05) is 25.3 Å². The third-order valence-corrected chi connectivity index (χ3v) is 4.67. The van der Waals surface area contributed by atoms with Crippen LogP contribution in [-0.2, 0) is 19.5 Å². The minimum absolute atomic E-state index is 0.612. The molecule has 0 atom stereocenters. The van der Waals surface area contributed by atoms with Crippen molar-refractivity contribution in [3.8, 4) is 0 Å². The molecule has 2 aromatic rings. The number of fused-ring (bicyclic) bond motifs is 1. The van der Waals surface area contributed by atoms with Gasteiger partial charge in [-0.15, -0.1) is 0 Å². The molecule has 0 amide bonds. The minimum Gasteiger partial charge on any atom is -0.398 e. The standard InChI is InChI=1S/C16H16Cl2N2/c17-14-5-1-4-12(16(14)18)9-20-8-7-11-3-2-6-15(19)13(11)10-20/h1-6H,7-10,19H2. The van der Waals surface area contributed by atoms with E-state index in [0.29, 0.717) is 10.0 Å². The van der Waals surface area contributed by atoms with Crippen molar-refractivity contribution in [2.24, 2.45) is 0 Å². The fraction of sp³-hybridized carbons (Fsp3) is 0.250. The van der Waals surface area contributed by atoms with Crippen LogP contribution in [0.5, 0.6) is 0 Å². The van der Waals surface area contributed by atoms with Gasteiger partial charge in [0.15, 0.2) is 0 Å². The SMILES string of the molecule is Nc1cccc2c1CN(Cc1cccc(Cl)c1Cl)CC2. The number of hydrogen-bond acceptors (Lipinski definition) is 2. The third-order valence-electron chi connectivity index (χ3n) is 3.81. The highest BCUT2D eigenvalue weighted by atomic mass is 35.5. The second kappa shape index (κ2) is 5.65. The maximum Gasteiger partial charge on any atom is 0.0637 e. The summed E-state index contributed by atoms with van der Waals surface area (Å²) in [5, 5.41) is 1.27. The maximum atomic E-state index is 6.26. The summed E-state index contributed by atoms with van der Waals surface area (Å²) in [6, 6.07) is 11.9. The van der Waals surface area contributed by atoms with Crippen molar-refractivity contribution in [2.75, 3.05) is 12.3 Å².